The van der Waals surface area contributed by atoms with E-state index < -0.39 is 0 Å². The number of aryl methyl sites for hydroxylation is 1. The van der Waals surface area contributed by atoms with Crippen molar-refractivity contribution >= 4 is 11.8 Å². The number of hydrogen-bond donors (Lipinski definition) is 1. The average Bonchev–Trinajstić information content (AvgIpc) is 2.76. The van der Waals surface area contributed by atoms with Crippen molar-refractivity contribution in [1.82, 2.24) is 15.2 Å². The van der Waals surface area contributed by atoms with Crippen LogP contribution in [-0.4, -0.2) is 34.8 Å². The van der Waals surface area contributed by atoms with Gasteiger partial charge in [-0.05, 0) is 49.3 Å². The second-order valence-electron chi connectivity index (χ2n) is 7.62. The predicted octanol–water partition coefficient (Wildman–Crippen LogP) is 3.49. The van der Waals surface area contributed by atoms with Gasteiger partial charge in [0.2, 0.25) is 11.8 Å². The van der Waals surface area contributed by atoms with E-state index in [0.29, 0.717) is 37.3 Å². The molecule has 0 radical (unpaired) electrons. The Hall–Kier alpha value is -2.76. The van der Waals surface area contributed by atoms with Gasteiger partial charge in [-0.15, -0.1) is 0 Å². The normalized spacial score (nSPS) is 16.4. The highest BCUT2D eigenvalue weighted by atomic mass is 19.1. The van der Waals surface area contributed by atoms with Crippen LogP contribution < -0.4 is 5.32 Å². The van der Waals surface area contributed by atoms with E-state index in [0.717, 1.165) is 31.4 Å². The lowest BCUT2D eigenvalue weighted by Crippen LogP contribution is -2.40. The van der Waals surface area contributed by atoms with Crippen molar-refractivity contribution in [2.45, 2.75) is 45.1 Å². The van der Waals surface area contributed by atoms with Gasteiger partial charge in [-0.1, -0.05) is 24.3 Å². The van der Waals surface area contributed by atoms with Gasteiger partial charge < -0.3 is 10.2 Å². The molecule has 1 aromatic carbocycles. The Bertz CT molecular complexity index is 813. The molecular weight excluding hydrogens is 369 g/mol. The smallest absolute Gasteiger partial charge is 0.222 e. The van der Waals surface area contributed by atoms with Crippen LogP contribution in [0.2, 0.25) is 0 Å². The van der Waals surface area contributed by atoms with Gasteiger partial charge >= 0.3 is 0 Å². The quantitative estimate of drug-likeness (QED) is 0.742. The number of carbonyl (C=O) groups is 2. The molecule has 1 atom stereocenters. The maximum Gasteiger partial charge on any atom is 0.222 e. The summed E-state index contributed by atoms with van der Waals surface area (Å²) in [4.78, 5) is 30.7. The summed E-state index contributed by atoms with van der Waals surface area (Å²) >= 11 is 0. The van der Waals surface area contributed by atoms with Crippen molar-refractivity contribution in [3.63, 3.8) is 0 Å². The Labute approximate surface area is 171 Å². The molecule has 1 aliphatic rings. The van der Waals surface area contributed by atoms with Crippen LogP contribution >= 0.6 is 0 Å². The number of hydrogen-bond acceptors (Lipinski definition) is 3. The van der Waals surface area contributed by atoms with Gasteiger partial charge in [0, 0.05) is 50.4 Å². The van der Waals surface area contributed by atoms with Crippen LogP contribution in [0.25, 0.3) is 0 Å². The lowest BCUT2D eigenvalue weighted by Gasteiger charge is -2.33. The number of carbonyl (C=O) groups excluding carboxylic acids is 2. The number of aromatic nitrogens is 1. The van der Waals surface area contributed by atoms with Crippen molar-refractivity contribution < 1.29 is 14.0 Å². The van der Waals surface area contributed by atoms with E-state index in [1.807, 2.05) is 17.0 Å². The fourth-order valence-corrected chi connectivity index (χ4v) is 3.74. The maximum absolute atomic E-state index is 13.6. The summed E-state index contributed by atoms with van der Waals surface area (Å²) in [5, 5.41) is 2.79. The van der Waals surface area contributed by atoms with E-state index in [1.165, 1.54) is 6.07 Å². The average molecular weight is 397 g/mol. The molecule has 154 valence electrons. The maximum atomic E-state index is 13.6. The second-order valence-corrected chi connectivity index (χ2v) is 7.62. The summed E-state index contributed by atoms with van der Waals surface area (Å²) in [5.74, 6) is 0.127. The molecule has 1 saturated heterocycles. The van der Waals surface area contributed by atoms with Gasteiger partial charge in [0.15, 0.2) is 0 Å². The summed E-state index contributed by atoms with van der Waals surface area (Å²) < 4.78 is 13.6. The Morgan fingerprint density at radius 2 is 2.03 bits per heavy atom. The monoisotopic (exact) mass is 397 g/mol. The van der Waals surface area contributed by atoms with E-state index in [9.17, 15) is 14.0 Å². The number of nitrogens with zero attached hydrogens (tertiary/aromatic N) is 2. The van der Waals surface area contributed by atoms with Crippen molar-refractivity contribution in [2.24, 2.45) is 5.92 Å². The summed E-state index contributed by atoms with van der Waals surface area (Å²) in [7, 11) is 0. The predicted molar refractivity (Wildman–Crippen MR) is 109 cm³/mol. The molecule has 1 N–H and O–H groups in total. The first-order valence-electron chi connectivity index (χ1n) is 10.3. The zero-order valence-corrected chi connectivity index (χ0v) is 16.6. The number of pyridine rings is 1. The van der Waals surface area contributed by atoms with E-state index in [2.05, 4.69) is 10.3 Å². The SMILES string of the molecule is O=C(CC[C@@H]1CCCN(C(=O)CCc2cccnc2)C1)NCc1ccccc1F. The molecule has 29 heavy (non-hydrogen) atoms. The molecular formula is C23H28FN3O2. The molecule has 0 spiro atoms. The Balaban J connectivity index is 1.38. The minimum absolute atomic E-state index is 0.0757. The lowest BCUT2D eigenvalue weighted by molar-refractivity contribution is -0.133. The number of benzene rings is 1. The first-order valence-corrected chi connectivity index (χ1v) is 10.3. The largest absolute Gasteiger partial charge is 0.352 e. The second kappa shape index (κ2) is 10.7. The Morgan fingerprint density at radius 3 is 2.83 bits per heavy atom. The first-order chi connectivity index (χ1) is 14.1. The van der Waals surface area contributed by atoms with Crippen LogP contribution in [0.15, 0.2) is 48.8 Å². The summed E-state index contributed by atoms with van der Waals surface area (Å²) in [6.07, 6.45) is 7.87. The number of halogens is 1. The third kappa shape index (κ3) is 6.66. The molecule has 0 aliphatic carbocycles. The molecule has 0 saturated carbocycles. The summed E-state index contributed by atoms with van der Waals surface area (Å²) in [6.45, 7) is 1.71. The number of likely N-dealkylation sites (tertiary alicyclic amines) is 1. The molecule has 2 heterocycles. The number of rotatable bonds is 8. The highest BCUT2D eigenvalue weighted by Gasteiger charge is 2.23. The summed E-state index contributed by atoms with van der Waals surface area (Å²) in [6, 6.07) is 10.3. The third-order valence-electron chi connectivity index (χ3n) is 5.44. The molecule has 1 aliphatic heterocycles. The van der Waals surface area contributed by atoms with Crippen LogP contribution in [0.3, 0.4) is 0 Å². The van der Waals surface area contributed by atoms with Crippen LogP contribution in [0.5, 0.6) is 0 Å². The fraction of sp³-hybridized carbons (Fsp3) is 0.435. The molecule has 2 aromatic rings. The Kier molecular flexibility index (Phi) is 7.73. The van der Waals surface area contributed by atoms with Gasteiger partial charge in [-0.2, -0.15) is 0 Å². The van der Waals surface area contributed by atoms with Gasteiger partial charge in [0.05, 0.1) is 0 Å². The van der Waals surface area contributed by atoms with E-state index in [1.54, 1.807) is 30.6 Å². The molecule has 5 nitrogen and oxygen atoms in total. The van der Waals surface area contributed by atoms with Crippen molar-refractivity contribution in [2.75, 3.05) is 13.1 Å². The van der Waals surface area contributed by atoms with E-state index in [4.69, 9.17) is 0 Å². The van der Waals surface area contributed by atoms with Crippen LogP contribution in [0.1, 0.15) is 43.2 Å². The number of piperidine rings is 1. The minimum atomic E-state index is -0.305. The van der Waals surface area contributed by atoms with Gasteiger partial charge in [-0.25, -0.2) is 4.39 Å². The minimum Gasteiger partial charge on any atom is -0.352 e. The number of amides is 2. The Morgan fingerprint density at radius 1 is 1.17 bits per heavy atom. The highest BCUT2D eigenvalue weighted by molar-refractivity contribution is 5.77. The molecule has 1 aromatic heterocycles. The van der Waals surface area contributed by atoms with Gasteiger partial charge in [0.1, 0.15) is 5.82 Å². The lowest BCUT2D eigenvalue weighted by atomic mass is 9.93. The highest BCUT2D eigenvalue weighted by Crippen LogP contribution is 2.22. The summed E-state index contributed by atoms with van der Waals surface area (Å²) in [5.41, 5.74) is 1.56. The van der Waals surface area contributed by atoms with E-state index in [-0.39, 0.29) is 24.2 Å². The molecule has 3 rings (SSSR count). The van der Waals surface area contributed by atoms with Gasteiger partial charge in [-0.3, -0.25) is 14.6 Å². The molecule has 2 amide bonds. The zero-order chi connectivity index (χ0) is 20.5. The topological polar surface area (TPSA) is 62.3 Å². The number of nitrogens with one attached hydrogen (secondary N) is 1. The van der Waals surface area contributed by atoms with Crippen molar-refractivity contribution in [3.05, 3.63) is 65.7 Å². The van der Waals surface area contributed by atoms with Crippen LogP contribution in [0.4, 0.5) is 4.39 Å². The molecule has 0 bridgehead atoms. The third-order valence-corrected chi connectivity index (χ3v) is 5.44. The van der Waals surface area contributed by atoms with Gasteiger partial charge in [0.25, 0.3) is 0 Å². The zero-order valence-electron chi connectivity index (χ0n) is 16.6. The van der Waals surface area contributed by atoms with E-state index >= 15 is 0 Å². The van der Waals surface area contributed by atoms with Crippen molar-refractivity contribution in [3.8, 4) is 0 Å². The van der Waals surface area contributed by atoms with Crippen LogP contribution in [-0.2, 0) is 22.6 Å². The molecule has 6 heteroatoms. The fourth-order valence-electron chi connectivity index (χ4n) is 3.74. The van der Waals surface area contributed by atoms with Crippen molar-refractivity contribution in [1.29, 1.82) is 0 Å². The first kappa shape index (κ1) is 21.0. The molecule has 0 unspecified atom stereocenters. The standard InChI is InChI=1S/C23H28FN3O2/c24-21-8-2-1-7-20(21)16-26-22(28)11-9-19-6-4-14-27(17-19)23(29)12-10-18-5-3-13-25-15-18/h1-3,5,7-8,13,15,19H,4,6,9-12,14,16-17H2,(H,26,28)/t19-/m0/s1. The molecule has 1 fully saturated rings. The van der Waals surface area contributed by atoms with Crippen LogP contribution in [0, 0.1) is 11.7 Å².